The molecule has 0 amide bonds. The Morgan fingerprint density at radius 1 is 0.538 bits per heavy atom. The molecule has 220 valence electrons. The quantitative estimate of drug-likeness (QED) is 0.0952. The Morgan fingerprint density at radius 2 is 0.923 bits per heavy atom. The number of hydrogen-bond acceptors (Lipinski definition) is 2. The van der Waals surface area contributed by atoms with E-state index in [1.54, 1.807) is 0 Å². The van der Waals surface area contributed by atoms with Crippen LogP contribution >= 0.6 is 0 Å². The van der Waals surface area contributed by atoms with Crippen LogP contribution < -0.4 is 10.4 Å². The predicted octanol–water partition coefficient (Wildman–Crippen LogP) is 9.97. The van der Waals surface area contributed by atoms with Crippen LogP contribution in [0.2, 0.25) is 0 Å². The average molecular weight is 553 g/mol. The van der Waals surface area contributed by atoms with Crippen LogP contribution in [0.3, 0.4) is 0 Å². The molecule has 1 atom stereocenters. The molecule has 2 aromatic rings. The zero-order valence-corrected chi connectivity index (χ0v) is 27.0. The van der Waals surface area contributed by atoms with E-state index in [9.17, 15) is 0 Å². The first-order chi connectivity index (χ1) is 19.1. The zero-order valence-electron chi connectivity index (χ0n) is 26.0. The van der Waals surface area contributed by atoms with Crippen molar-refractivity contribution in [2.24, 2.45) is 5.92 Å². The van der Waals surface area contributed by atoms with E-state index in [4.69, 9.17) is 8.85 Å². The van der Waals surface area contributed by atoms with Gasteiger partial charge in [-0.25, -0.2) is 0 Å². The molecule has 1 unspecified atom stereocenters. The van der Waals surface area contributed by atoms with Gasteiger partial charge in [0.2, 0.25) is 0 Å². The zero-order chi connectivity index (χ0) is 28.0. The summed E-state index contributed by atoms with van der Waals surface area (Å²) in [6.45, 7) is 9.82. The Bertz CT molecular complexity index is 768. The van der Waals surface area contributed by atoms with Gasteiger partial charge in [0.05, 0.1) is 0 Å². The van der Waals surface area contributed by atoms with Crippen LogP contribution in [0.15, 0.2) is 60.7 Å². The minimum Gasteiger partial charge on any atom is -0.388 e. The molecule has 2 nitrogen and oxygen atoms in total. The highest BCUT2D eigenvalue weighted by Gasteiger charge is 2.44. The maximum absolute atomic E-state index is 7.07. The molecular formula is C36H60O2Si. The standard InChI is InChI=1S/C36H60O2Si/c1-5-7-8-9-10-11-12-13-14-15-16-17-18-19-20-27-32-37-39(34-28-23-21-24-29-34,35-30-25-22-26-31-35)38-36(6-2)33(3)4/h21-26,28-31,33,36H,5-20,27,32H2,1-4H3. The molecule has 0 saturated heterocycles. The summed E-state index contributed by atoms with van der Waals surface area (Å²) in [6.07, 6.45) is 23.3. The van der Waals surface area contributed by atoms with Crippen LogP contribution in [0.5, 0.6) is 0 Å². The van der Waals surface area contributed by atoms with Crippen molar-refractivity contribution < 1.29 is 8.85 Å². The summed E-state index contributed by atoms with van der Waals surface area (Å²) < 4.78 is 14.0. The third-order valence-corrected chi connectivity index (χ3v) is 11.5. The largest absolute Gasteiger partial charge is 0.407 e. The lowest BCUT2D eigenvalue weighted by molar-refractivity contribution is 0.0936. The molecule has 0 N–H and O–H groups in total. The summed E-state index contributed by atoms with van der Waals surface area (Å²) in [4.78, 5) is 0. The first-order valence-corrected chi connectivity index (χ1v) is 18.4. The maximum atomic E-state index is 7.07. The van der Waals surface area contributed by atoms with E-state index >= 15 is 0 Å². The van der Waals surface area contributed by atoms with Crippen LogP contribution in [0.4, 0.5) is 0 Å². The van der Waals surface area contributed by atoms with E-state index in [0.717, 1.165) is 19.4 Å². The van der Waals surface area contributed by atoms with Crippen LogP contribution in [0, 0.1) is 5.92 Å². The highest BCUT2D eigenvalue weighted by Crippen LogP contribution is 2.20. The lowest BCUT2D eigenvalue weighted by atomic mass is 10.0. The molecule has 0 aliphatic rings. The van der Waals surface area contributed by atoms with Gasteiger partial charge in [0.25, 0.3) is 0 Å². The Labute approximate surface area is 243 Å². The highest BCUT2D eigenvalue weighted by molar-refractivity contribution is 6.92. The summed E-state index contributed by atoms with van der Waals surface area (Å²) in [5, 5.41) is 2.43. The van der Waals surface area contributed by atoms with Crippen molar-refractivity contribution in [1.29, 1.82) is 0 Å². The lowest BCUT2D eigenvalue weighted by Crippen LogP contribution is -2.65. The van der Waals surface area contributed by atoms with Gasteiger partial charge in [0.15, 0.2) is 0 Å². The van der Waals surface area contributed by atoms with Gasteiger partial charge in [-0.3, -0.25) is 0 Å². The van der Waals surface area contributed by atoms with Crippen LogP contribution in [-0.2, 0) is 8.85 Å². The molecule has 0 spiro atoms. The third-order valence-electron chi connectivity index (χ3n) is 8.07. The van der Waals surface area contributed by atoms with Crippen LogP contribution in [-0.4, -0.2) is 21.3 Å². The summed E-state index contributed by atoms with van der Waals surface area (Å²) in [5.74, 6) is 0.452. The van der Waals surface area contributed by atoms with Crippen molar-refractivity contribution in [1.82, 2.24) is 0 Å². The smallest absolute Gasteiger partial charge is 0.388 e. The molecule has 0 radical (unpaired) electrons. The molecule has 0 aliphatic carbocycles. The Morgan fingerprint density at radius 3 is 1.28 bits per heavy atom. The van der Waals surface area contributed by atoms with Crippen molar-refractivity contribution in [3.05, 3.63) is 60.7 Å². The van der Waals surface area contributed by atoms with E-state index in [2.05, 4.69) is 88.4 Å². The summed E-state index contributed by atoms with van der Waals surface area (Å²) in [6, 6.07) is 21.5. The van der Waals surface area contributed by atoms with E-state index in [0.29, 0.717) is 5.92 Å². The normalized spacial score (nSPS) is 12.7. The highest BCUT2D eigenvalue weighted by atomic mass is 28.4. The summed E-state index contributed by atoms with van der Waals surface area (Å²) >= 11 is 0. The van der Waals surface area contributed by atoms with Crippen molar-refractivity contribution in [3.63, 3.8) is 0 Å². The minimum atomic E-state index is -2.80. The predicted molar refractivity (Wildman–Crippen MR) is 173 cm³/mol. The number of benzene rings is 2. The van der Waals surface area contributed by atoms with E-state index in [-0.39, 0.29) is 6.10 Å². The summed E-state index contributed by atoms with van der Waals surface area (Å²) in [7, 11) is -2.80. The van der Waals surface area contributed by atoms with Crippen molar-refractivity contribution in [2.75, 3.05) is 6.61 Å². The van der Waals surface area contributed by atoms with Gasteiger partial charge in [0, 0.05) is 12.7 Å². The first kappa shape index (κ1) is 33.8. The Kier molecular flexibility index (Phi) is 18.5. The van der Waals surface area contributed by atoms with Crippen molar-refractivity contribution in [2.45, 2.75) is 143 Å². The van der Waals surface area contributed by atoms with E-state index < -0.39 is 8.56 Å². The van der Waals surface area contributed by atoms with Gasteiger partial charge in [-0.15, -0.1) is 0 Å². The third kappa shape index (κ3) is 13.2. The number of unbranched alkanes of at least 4 members (excludes halogenated alkanes) is 15. The second kappa shape index (κ2) is 21.3. The molecule has 3 heteroatoms. The SMILES string of the molecule is CCCCCCCCCCCCCCCCCCO[Si](OC(CC)C(C)C)(c1ccccc1)c1ccccc1. The van der Waals surface area contributed by atoms with Gasteiger partial charge in [0.1, 0.15) is 0 Å². The van der Waals surface area contributed by atoms with Crippen molar-refractivity contribution >= 4 is 18.9 Å². The molecule has 0 aliphatic heterocycles. The molecule has 0 fully saturated rings. The fourth-order valence-electron chi connectivity index (χ4n) is 5.59. The van der Waals surface area contributed by atoms with Crippen LogP contribution in [0.25, 0.3) is 0 Å². The van der Waals surface area contributed by atoms with E-state index in [1.807, 2.05) is 0 Å². The second-order valence-corrected chi connectivity index (χ2v) is 14.7. The Hall–Kier alpha value is -1.42. The van der Waals surface area contributed by atoms with Gasteiger partial charge < -0.3 is 8.85 Å². The van der Waals surface area contributed by atoms with Crippen LogP contribution in [0.1, 0.15) is 137 Å². The average Bonchev–Trinajstić information content (AvgIpc) is 2.97. The lowest BCUT2D eigenvalue weighted by Gasteiger charge is -2.36. The molecule has 0 bridgehead atoms. The Balaban J connectivity index is 1.74. The number of rotatable bonds is 24. The van der Waals surface area contributed by atoms with Crippen molar-refractivity contribution in [3.8, 4) is 0 Å². The van der Waals surface area contributed by atoms with Gasteiger partial charge in [-0.2, -0.15) is 0 Å². The fourth-order valence-corrected chi connectivity index (χ4v) is 9.16. The fraction of sp³-hybridized carbons (Fsp3) is 0.667. The van der Waals surface area contributed by atoms with Gasteiger partial charge in [-0.05, 0) is 29.1 Å². The van der Waals surface area contributed by atoms with Gasteiger partial charge >= 0.3 is 8.56 Å². The molecule has 0 aromatic heterocycles. The monoisotopic (exact) mass is 552 g/mol. The molecular weight excluding hydrogens is 492 g/mol. The topological polar surface area (TPSA) is 18.5 Å². The number of hydrogen-bond donors (Lipinski definition) is 0. The van der Waals surface area contributed by atoms with E-state index in [1.165, 1.54) is 107 Å². The first-order valence-electron chi connectivity index (χ1n) is 16.6. The molecule has 39 heavy (non-hydrogen) atoms. The van der Waals surface area contributed by atoms with Gasteiger partial charge in [-0.1, -0.05) is 185 Å². The molecule has 0 saturated carbocycles. The maximum Gasteiger partial charge on any atom is 0.407 e. The molecule has 0 heterocycles. The second-order valence-electron chi connectivity index (χ2n) is 11.8. The minimum absolute atomic E-state index is 0.183. The molecule has 2 aromatic carbocycles. The molecule has 2 rings (SSSR count). The summed E-state index contributed by atoms with van der Waals surface area (Å²) in [5.41, 5.74) is 0.